The zero-order valence-corrected chi connectivity index (χ0v) is 19.0. The van der Waals surface area contributed by atoms with E-state index in [1.807, 2.05) is 37.8 Å². The molecule has 32 heavy (non-hydrogen) atoms. The van der Waals surface area contributed by atoms with Crippen molar-refractivity contribution in [1.82, 2.24) is 20.1 Å². The van der Waals surface area contributed by atoms with Crippen molar-refractivity contribution in [3.8, 4) is 11.5 Å². The number of pyridine rings is 1. The number of hydrogen-bond donors (Lipinski definition) is 1. The van der Waals surface area contributed by atoms with Crippen LogP contribution in [-0.4, -0.2) is 72.0 Å². The number of aromatic nitrogens is 1. The van der Waals surface area contributed by atoms with Gasteiger partial charge in [0.05, 0.1) is 13.2 Å². The summed E-state index contributed by atoms with van der Waals surface area (Å²) in [7, 11) is 0. The molecular weight excluding hydrogens is 408 g/mol. The first-order valence-corrected chi connectivity index (χ1v) is 11.1. The minimum atomic E-state index is -0.0453. The molecule has 0 atom stereocenters. The Labute approximate surface area is 189 Å². The van der Waals surface area contributed by atoms with Gasteiger partial charge in [0.15, 0.2) is 11.5 Å². The molecule has 0 unspecified atom stereocenters. The summed E-state index contributed by atoms with van der Waals surface area (Å²) in [6.07, 6.45) is 3.47. The van der Waals surface area contributed by atoms with Crippen LogP contribution in [0.2, 0.25) is 0 Å². The van der Waals surface area contributed by atoms with E-state index < -0.39 is 0 Å². The summed E-state index contributed by atoms with van der Waals surface area (Å²) in [5.41, 5.74) is 1.52. The summed E-state index contributed by atoms with van der Waals surface area (Å²) >= 11 is 0. The summed E-state index contributed by atoms with van der Waals surface area (Å²) < 4.78 is 11.6. The molecule has 1 aromatic heterocycles. The Bertz CT molecular complexity index is 896. The van der Waals surface area contributed by atoms with Gasteiger partial charge in [0.25, 0.3) is 5.91 Å². The summed E-state index contributed by atoms with van der Waals surface area (Å²) in [5, 5.41) is 2.90. The first-order valence-electron chi connectivity index (χ1n) is 11.1. The zero-order chi connectivity index (χ0) is 22.9. The maximum Gasteiger partial charge on any atom is 0.254 e. The van der Waals surface area contributed by atoms with Gasteiger partial charge < -0.3 is 19.7 Å². The highest BCUT2D eigenvalue weighted by molar-refractivity contribution is 5.95. The van der Waals surface area contributed by atoms with Gasteiger partial charge in [-0.05, 0) is 45.0 Å². The molecule has 1 aliphatic heterocycles. The number of carbonyl (C=O) groups excluding carboxylic acids is 2. The van der Waals surface area contributed by atoms with Gasteiger partial charge in [-0.25, -0.2) is 0 Å². The molecule has 0 saturated carbocycles. The molecular formula is C24H32N4O4. The molecule has 172 valence electrons. The molecule has 8 nitrogen and oxygen atoms in total. The number of hydrogen-bond acceptors (Lipinski definition) is 6. The van der Waals surface area contributed by atoms with Gasteiger partial charge in [0, 0.05) is 55.7 Å². The van der Waals surface area contributed by atoms with Gasteiger partial charge in [-0.1, -0.05) is 6.07 Å². The molecule has 3 rings (SSSR count). The van der Waals surface area contributed by atoms with Crippen molar-refractivity contribution < 1.29 is 19.1 Å². The third-order valence-electron chi connectivity index (χ3n) is 5.08. The van der Waals surface area contributed by atoms with Gasteiger partial charge in [-0.3, -0.25) is 19.5 Å². The highest BCUT2D eigenvalue weighted by Gasteiger charge is 2.24. The van der Waals surface area contributed by atoms with Crippen LogP contribution in [0.4, 0.5) is 0 Å². The number of rotatable bonds is 9. The number of benzene rings is 1. The number of nitrogens with one attached hydrogen (secondary N) is 1. The fraction of sp³-hybridized carbons (Fsp3) is 0.458. The number of ether oxygens (including phenoxy) is 2. The Kier molecular flexibility index (Phi) is 8.44. The Morgan fingerprint density at radius 1 is 1.09 bits per heavy atom. The van der Waals surface area contributed by atoms with Crippen LogP contribution in [0.5, 0.6) is 11.5 Å². The topological polar surface area (TPSA) is 84.0 Å². The van der Waals surface area contributed by atoms with Crippen LogP contribution in [0.3, 0.4) is 0 Å². The summed E-state index contributed by atoms with van der Waals surface area (Å²) in [5.74, 6) is 1.11. The second kappa shape index (κ2) is 11.5. The highest BCUT2D eigenvalue weighted by Crippen LogP contribution is 2.30. The van der Waals surface area contributed by atoms with Crippen molar-refractivity contribution in [3.05, 3.63) is 53.9 Å². The predicted molar refractivity (Wildman–Crippen MR) is 122 cm³/mol. The lowest BCUT2D eigenvalue weighted by Crippen LogP contribution is -2.51. The van der Waals surface area contributed by atoms with E-state index in [-0.39, 0.29) is 17.9 Å². The maximum absolute atomic E-state index is 13.0. The van der Waals surface area contributed by atoms with Crippen molar-refractivity contribution >= 4 is 11.8 Å². The van der Waals surface area contributed by atoms with Crippen LogP contribution in [0, 0.1) is 0 Å². The van der Waals surface area contributed by atoms with E-state index >= 15 is 0 Å². The Balaban J connectivity index is 1.59. The lowest BCUT2D eigenvalue weighted by molar-refractivity contribution is -0.123. The molecule has 1 aliphatic rings. The average molecular weight is 441 g/mol. The molecule has 0 aliphatic carbocycles. The zero-order valence-electron chi connectivity index (χ0n) is 19.0. The number of nitrogens with zero attached hydrogens (tertiary/aromatic N) is 3. The Morgan fingerprint density at radius 3 is 2.53 bits per heavy atom. The number of carbonyl (C=O) groups is 2. The largest absolute Gasteiger partial charge is 0.490 e. The van der Waals surface area contributed by atoms with E-state index in [1.54, 1.807) is 30.6 Å². The van der Waals surface area contributed by atoms with Gasteiger partial charge in [-0.15, -0.1) is 0 Å². The third-order valence-corrected chi connectivity index (χ3v) is 5.08. The van der Waals surface area contributed by atoms with Gasteiger partial charge in [-0.2, -0.15) is 0 Å². The minimum absolute atomic E-state index is 0.0167. The smallest absolute Gasteiger partial charge is 0.254 e. The molecule has 0 spiro atoms. The molecule has 0 radical (unpaired) electrons. The SMILES string of the molecule is CCOc1cc(C(=O)N2CCN(CC(=O)NC(C)C)CC2)ccc1OCc1cccnc1. The van der Waals surface area contributed by atoms with E-state index in [4.69, 9.17) is 9.47 Å². The second-order valence-corrected chi connectivity index (χ2v) is 8.04. The van der Waals surface area contributed by atoms with Crippen molar-refractivity contribution in [2.45, 2.75) is 33.4 Å². The molecule has 1 fully saturated rings. The van der Waals surface area contributed by atoms with Crippen LogP contribution in [-0.2, 0) is 11.4 Å². The summed E-state index contributed by atoms with van der Waals surface area (Å²) in [6.45, 7) is 9.48. The first-order chi connectivity index (χ1) is 15.5. The molecule has 2 heterocycles. The van der Waals surface area contributed by atoms with Crippen LogP contribution < -0.4 is 14.8 Å². The molecule has 2 aromatic rings. The molecule has 8 heteroatoms. The van der Waals surface area contributed by atoms with E-state index in [0.29, 0.717) is 63.0 Å². The van der Waals surface area contributed by atoms with E-state index in [1.165, 1.54) is 0 Å². The van der Waals surface area contributed by atoms with Crippen LogP contribution in [0.1, 0.15) is 36.7 Å². The first kappa shape index (κ1) is 23.5. The van der Waals surface area contributed by atoms with Gasteiger partial charge >= 0.3 is 0 Å². The summed E-state index contributed by atoms with van der Waals surface area (Å²) in [6, 6.07) is 9.22. The van der Waals surface area contributed by atoms with Crippen molar-refractivity contribution in [3.63, 3.8) is 0 Å². The molecule has 0 bridgehead atoms. The van der Waals surface area contributed by atoms with Gasteiger partial charge in [0.2, 0.25) is 5.91 Å². The molecule has 1 N–H and O–H groups in total. The van der Waals surface area contributed by atoms with E-state index in [0.717, 1.165) is 5.56 Å². The Morgan fingerprint density at radius 2 is 1.88 bits per heavy atom. The monoisotopic (exact) mass is 440 g/mol. The van der Waals surface area contributed by atoms with Crippen LogP contribution in [0.15, 0.2) is 42.7 Å². The maximum atomic E-state index is 13.0. The van der Waals surface area contributed by atoms with Crippen LogP contribution in [0.25, 0.3) is 0 Å². The van der Waals surface area contributed by atoms with Crippen molar-refractivity contribution in [1.29, 1.82) is 0 Å². The lowest BCUT2D eigenvalue weighted by Gasteiger charge is -2.34. The average Bonchev–Trinajstić information content (AvgIpc) is 2.78. The minimum Gasteiger partial charge on any atom is -0.490 e. The fourth-order valence-corrected chi connectivity index (χ4v) is 3.54. The predicted octanol–water partition coefficient (Wildman–Crippen LogP) is 2.34. The third kappa shape index (κ3) is 6.68. The summed E-state index contributed by atoms with van der Waals surface area (Å²) in [4.78, 5) is 33.0. The van der Waals surface area contributed by atoms with Gasteiger partial charge in [0.1, 0.15) is 6.61 Å². The fourth-order valence-electron chi connectivity index (χ4n) is 3.54. The van der Waals surface area contributed by atoms with Crippen LogP contribution >= 0.6 is 0 Å². The number of piperazine rings is 1. The normalized spacial score (nSPS) is 14.3. The molecule has 2 amide bonds. The standard InChI is InChI=1S/C24H32N4O4/c1-4-31-22-14-20(7-8-21(22)32-17-19-6-5-9-25-15-19)24(30)28-12-10-27(11-13-28)16-23(29)26-18(2)3/h5-9,14-15,18H,4,10-13,16-17H2,1-3H3,(H,26,29). The lowest BCUT2D eigenvalue weighted by atomic mass is 10.1. The van der Waals surface area contributed by atoms with Crippen molar-refractivity contribution in [2.75, 3.05) is 39.3 Å². The highest BCUT2D eigenvalue weighted by atomic mass is 16.5. The number of amides is 2. The van der Waals surface area contributed by atoms with E-state index in [9.17, 15) is 9.59 Å². The molecule has 1 aromatic carbocycles. The van der Waals surface area contributed by atoms with E-state index in [2.05, 4.69) is 15.2 Å². The van der Waals surface area contributed by atoms with Crippen molar-refractivity contribution in [2.24, 2.45) is 0 Å². The quantitative estimate of drug-likeness (QED) is 0.644. The molecule has 1 saturated heterocycles. The second-order valence-electron chi connectivity index (χ2n) is 8.04. The Hall–Kier alpha value is -3.13.